The normalized spacial score (nSPS) is 26.8. The lowest BCUT2D eigenvalue weighted by molar-refractivity contribution is -0.141. The van der Waals surface area contributed by atoms with Gasteiger partial charge in [-0.05, 0) is 36.5 Å². The van der Waals surface area contributed by atoms with Gasteiger partial charge in [0.05, 0.1) is 25.6 Å². The maximum atomic E-state index is 13.8. The number of para-hydroxylation sites is 1. The first-order valence-corrected chi connectivity index (χ1v) is 11.3. The fourth-order valence-electron chi connectivity index (χ4n) is 4.87. The molecule has 176 valence electrons. The molecule has 3 amide bonds. The van der Waals surface area contributed by atoms with Crippen LogP contribution in [0.3, 0.4) is 0 Å². The number of anilines is 2. The third kappa shape index (κ3) is 3.88. The lowest BCUT2D eigenvalue weighted by atomic mass is 9.78. The van der Waals surface area contributed by atoms with Crippen molar-refractivity contribution >= 4 is 23.3 Å². The zero-order valence-corrected chi connectivity index (χ0v) is 19.4. The summed E-state index contributed by atoms with van der Waals surface area (Å²) in [7, 11) is 2.98. The summed E-state index contributed by atoms with van der Waals surface area (Å²) in [5.41, 5.74) is -1.36. The van der Waals surface area contributed by atoms with Gasteiger partial charge in [0.1, 0.15) is 11.5 Å². The lowest BCUT2D eigenvalue weighted by Gasteiger charge is -2.44. The molecule has 1 heterocycles. The van der Waals surface area contributed by atoms with Crippen molar-refractivity contribution in [3.05, 3.63) is 48.0 Å². The Bertz CT molecular complexity index is 1060. The number of nitrogens with zero attached hydrogens (tertiary/aromatic N) is 1. The van der Waals surface area contributed by atoms with Gasteiger partial charge in [-0.25, -0.2) is 9.69 Å². The number of rotatable bonds is 5. The monoisotopic (exact) mass is 453 g/mol. The van der Waals surface area contributed by atoms with Crippen LogP contribution in [0.2, 0.25) is 0 Å². The van der Waals surface area contributed by atoms with Gasteiger partial charge in [0.25, 0.3) is 11.6 Å². The number of amides is 3. The number of benzene rings is 2. The van der Waals surface area contributed by atoms with E-state index in [1.165, 1.54) is 14.2 Å². The number of methoxy groups -OCH3 is 2. The standard InChI is InChI=1S/C25H31N3O5/c1-15-8-7-11-19(16(15)2)26-23(29)25(31)18-9-5-6-10-20(18)27-24(30)28(25)21-13-12-17(32-3)14-22(21)33-4/h5-6,9-10,12-16,19,31H,7-8,11H2,1-4H3,(H,26,29)(H,27,30)/t15-,16+,19+,25+/m1/s1. The highest BCUT2D eigenvalue weighted by atomic mass is 16.5. The molecule has 8 heteroatoms. The van der Waals surface area contributed by atoms with Crippen LogP contribution in [0.4, 0.5) is 16.2 Å². The van der Waals surface area contributed by atoms with Crippen LogP contribution in [0, 0.1) is 11.8 Å². The van der Waals surface area contributed by atoms with Gasteiger partial charge in [0.2, 0.25) is 0 Å². The molecule has 1 aliphatic carbocycles. The number of ether oxygens (including phenoxy) is 2. The van der Waals surface area contributed by atoms with E-state index in [1.807, 2.05) is 0 Å². The smallest absolute Gasteiger partial charge is 0.329 e. The maximum absolute atomic E-state index is 13.8. The molecule has 2 aromatic rings. The Morgan fingerprint density at radius 3 is 2.64 bits per heavy atom. The Morgan fingerprint density at radius 1 is 1.15 bits per heavy atom. The molecule has 33 heavy (non-hydrogen) atoms. The van der Waals surface area contributed by atoms with E-state index in [9.17, 15) is 14.7 Å². The van der Waals surface area contributed by atoms with E-state index in [4.69, 9.17) is 9.47 Å². The molecular formula is C25H31N3O5. The molecule has 4 atom stereocenters. The van der Waals surface area contributed by atoms with E-state index < -0.39 is 17.7 Å². The lowest BCUT2D eigenvalue weighted by Crippen LogP contribution is -2.64. The first kappa shape index (κ1) is 22.9. The Balaban J connectivity index is 1.82. The molecular weight excluding hydrogens is 422 g/mol. The third-order valence-electron chi connectivity index (χ3n) is 7.04. The average molecular weight is 454 g/mol. The summed E-state index contributed by atoms with van der Waals surface area (Å²) in [6.45, 7) is 4.29. The Hall–Kier alpha value is -3.26. The number of fused-ring (bicyclic) bond motifs is 1. The van der Waals surface area contributed by atoms with Crippen LogP contribution >= 0.6 is 0 Å². The van der Waals surface area contributed by atoms with Crippen molar-refractivity contribution in [3.63, 3.8) is 0 Å². The van der Waals surface area contributed by atoms with Crippen molar-refractivity contribution in [2.45, 2.75) is 44.9 Å². The van der Waals surface area contributed by atoms with E-state index in [0.717, 1.165) is 24.2 Å². The number of hydrogen-bond acceptors (Lipinski definition) is 5. The van der Waals surface area contributed by atoms with Gasteiger partial charge in [-0.15, -0.1) is 0 Å². The Morgan fingerprint density at radius 2 is 1.91 bits per heavy atom. The summed E-state index contributed by atoms with van der Waals surface area (Å²) in [5, 5.41) is 17.9. The van der Waals surface area contributed by atoms with Crippen molar-refractivity contribution in [2.24, 2.45) is 11.8 Å². The summed E-state index contributed by atoms with van der Waals surface area (Å²) in [6.07, 6.45) is 2.94. The van der Waals surface area contributed by atoms with E-state index in [-0.39, 0.29) is 29.0 Å². The van der Waals surface area contributed by atoms with Gasteiger partial charge in [-0.1, -0.05) is 44.9 Å². The molecule has 0 unspecified atom stereocenters. The quantitative estimate of drug-likeness (QED) is 0.639. The first-order chi connectivity index (χ1) is 15.8. The highest BCUT2D eigenvalue weighted by Crippen LogP contribution is 2.44. The molecule has 4 rings (SSSR count). The van der Waals surface area contributed by atoms with Crippen molar-refractivity contribution < 1.29 is 24.2 Å². The van der Waals surface area contributed by atoms with Crippen molar-refractivity contribution in [1.29, 1.82) is 0 Å². The zero-order valence-electron chi connectivity index (χ0n) is 19.4. The van der Waals surface area contributed by atoms with Crippen LogP contribution in [0.5, 0.6) is 11.5 Å². The molecule has 0 aromatic heterocycles. The minimum Gasteiger partial charge on any atom is -0.497 e. The van der Waals surface area contributed by atoms with Gasteiger partial charge in [-0.3, -0.25) is 4.79 Å². The van der Waals surface area contributed by atoms with Gasteiger partial charge >= 0.3 is 6.03 Å². The van der Waals surface area contributed by atoms with Gasteiger partial charge in [0.15, 0.2) is 0 Å². The van der Waals surface area contributed by atoms with Crippen LogP contribution in [0.25, 0.3) is 0 Å². The topological polar surface area (TPSA) is 100 Å². The number of urea groups is 1. The maximum Gasteiger partial charge on any atom is 0.329 e. The summed E-state index contributed by atoms with van der Waals surface area (Å²) < 4.78 is 10.8. The Kier molecular flexibility index (Phi) is 6.21. The molecule has 0 radical (unpaired) electrons. The van der Waals surface area contributed by atoms with Crippen LogP contribution in [-0.4, -0.2) is 37.3 Å². The summed E-state index contributed by atoms with van der Waals surface area (Å²) in [6, 6.07) is 10.9. The highest BCUT2D eigenvalue weighted by molar-refractivity contribution is 6.12. The van der Waals surface area contributed by atoms with Crippen LogP contribution in [0.15, 0.2) is 42.5 Å². The second-order valence-electron chi connectivity index (χ2n) is 8.87. The zero-order chi connectivity index (χ0) is 23.8. The van der Waals surface area contributed by atoms with Crippen molar-refractivity contribution in [3.8, 4) is 11.5 Å². The summed E-state index contributed by atoms with van der Waals surface area (Å²) >= 11 is 0. The minimum absolute atomic E-state index is 0.0953. The van der Waals surface area contributed by atoms with E-state index in [0.29, 0.717) is 17.4 Å². The molecule has 8 nitrogen and oxygen atoms in total. The highest BCUT2D eigenvalue weighted by Gasteiger charge is 2.53. The molecule has 1 fully saturated rings. The average Bonchev–Trinajstić information content (AvgIpc) is 2.82. The van der Waals surface area contributed by atoms with Gasteiger partial charge < -0.3 is 25.2 Å². The number of carbonyl (C=O) groups is 2. The minimum atomic E-state index is -2.28. The second-order valence-corrected chi connectivity index (χ2v) is 8.87. The van der Waals surface area contributed by atoms with Crippen molar-refractivity contribution in [2.75, 3.05) is 24.4 Å². The van der Waals surface area contributed by atoms with E-state index >= 15 is 0 Å². The predicted molar refractivity (Wildman–Crippen MR) is 125 cm³/mol. The summed E-state index contributed by atoms with van der Waals surface area (Å²) in [4.78, 5) is 28.2. The number of hydrogen-bond donors (Lipinski definition) is 3. The molecule has 0 bridgehead atoms. The second kappa shape index (κ2) is 8.94. The third-order valence-corrected chi connectivity index (χ3v) is 7.04. The number of carbonyl (C=O) groups excluding carboxylic acids is 2. The summed E-state index contributed by atoms with van der Waals surface area (Å²) in [5.74, 6) is 0.871. The number of nitrogens with one attached hydrogen (secondary N) is 2. The molecule has 0 saturated heterocycles. The Labute approximate surface area is 193 Å². The molecule has 2 aromatic carbocycles. The van der Waals surface area contributed by atoms with E-state index in [1.54, 1.807) is 42.5 Å². The largest absolute Gasteiger partial charge is 0.497 e. The molecule has 3 N–H and O–H groups in total. The fourth-order valence-corrected chi connectivity index (χ4v) is 4.87. The fraction of sp³-hybridized carbons (Fsp3) is 0.440. The van der Waals surface area contributed by atoms with Gasteiger partial charge in [-0.2, -0.15) is 0 Å². The van der Waals surface area contributed by atoms with Crippen LogP contribution in [-0.2, 0) is 10.5 Å². The molecule has 2 aliphatic rings. The van der Waals surface area contributed by atoms with Gasteiger partial charge in [0, 0.05) is 17.7 Å². The molecule has 1 saturated carbocycles. The predicted octanol–water partition coefficient (Wildman–Crippen LogP) is 3.84. The van der Waals surface area contributed by atoms with Crippen LogP contribution < -0.4 is 25.0 Å². The SMILES string of the molecule is COc1ccc(N2C(=O)Nc3ccccc3[C@]2(O)C(=O)N[C@H]2CCC[C@@H](C)[C@@H]2C)c(OC)c1. The first-order valence-electron chi connectivity index (χ1n) is 11.3. The van der Waals surface area contributed by atoms with E-state index in [2.05, 4.69) is 24.5 Å². The molecule has 1 aliphatic heterocycles. The van der Waals surface area contributed by atoms with Crippen molar-refractivity contribution in [1.82, 2.24) is 5.32 Å². The van der Waals surface area contributed by atoms with Crippen LogP contribution in [0.1, 0.15) is 38.7 Å². The molecule has 0 spiro atoms. The number of aliphatic hydroxyl groups is 1.